The first kappa shape index (κ1) is 31.0. The first-order valence-electron chi connectivity index (χ1n) is 15.0. The largest absolute Gasteiger partial charge is 0.479 e. The van der Waals surface area contributed by atoms with Crippen LogP contribution >= 0.6 is 7.82 Å². The van der Waals surface area contributed by atoms with E-state index < -0.39 is 7.82 Å². The van der Waals surface area contributed by atoms with Gasteiger partial charge in [0.15, 0.2) is 0 Å². The van der Waals surface area contributed by atoms with Gasteiger partial charge in [-0.15, -0.1) is 0 Å². The van der Waals surface area contributed by atoms with Crippen molar-refractivity contribution in [3.8, 4) is 0 Å². The van der Waals surface area contributed by atoms with Crippen LogP contribution < -0.4 is 0 Å². The van der Waals surface area contributed by atoms with Crippen molar-refractivity contribution in [1.82, 2.24) is 0 Å². The van der Waals surface area contributed by atoms with Crippen molar-refractivity contribution in [1.29, 1.82) is 0 Å². The number of hydrogen-bond acceptors (Lipinski definition) is 4. The summed E-state index contributed by atoms with van der Waals surface area (Å²) < 4.78 is 30.7. The smallest absolute Gasteiger partial charge is 0.303 e. The zero-order valence-corrected chi connectivity index (χ0v) is 24.3. The fraction of sp³-hybridized carbons (Fsp3) is 0.931. The van der Waals surface area contributed by atoms with E-state index in [9.17, 15) is 4.57 Å². The maximum absolute atomic E-state index is 12.9. The van der Waals surface area contributed by atoms with Gasteiger partial charge in [0.25, 0.3) is 0 Å². The molecule has 0 aromatic heterocycles. The highest BCUT2D eigenvalue weighted by molar-refractivity contribution is 7.48. The van der Waals surface area contributed by atoms with Crippen LogP contribution in [0.15, 0.2) is 12.2 Å². The van der Waals surface area contributed by atoms with Crippen LogP contribution in [-0.2, 0) is 18.1 Å². The lowest BCUT2D eigenvalue weighted by molar-refractivity contribution is -0.941. The summed E-state index contributed by atoms with van der Waals surface area (Å²) in [5.41, 5.74) is 0. The second kappa shape index (κ2) is 18.1. The third kappa shape index (κ3) is 13.8. The van der Waals surface area contributed by atoms with Crippen LogP contribution in [0.2, 0.25) is 0 Å². The molecular weight excluding hydrogens is 457 g/mol. The van der Waals surface area contributed by atoms with E-state index in [1.807, 2.05) is 0 Å². The van der Waals surface area contributed by atoms with Gasteiger partial charge in [0, 0.05) is 6.42 Å². The first-order chi connectivity index (χ1) is 17.0. The zero-order chi connectivity index (χ0) is 25.2. The number of piperidine rings is 1. The van der Waals surface area contributed by atoms with Crippen LogP contribution in [0, 0.1) is 0 Å². The number of allylic oxidation sites excluding steroid dienone is 2. The highest BCUT2D eigenvalue weighted by atomic mass is 31.2. The lowest BCUT2D eigenvalue weighted by Crippen LogP contribution is -2.58. The molecule has 6 heteroatoms. The molecule has 206 valence electrons. The summed E-state index contributed by atoms with van der Waals surface area (Å²) in [6.45, 7) is 3.74. The summed E-state index contributed by atoms with van der Waals surface area (Å²) in [7, 11) is 0.877. The molecule has 5 nitrogen and oxygen atoms in total. The van der Waals surface area contributed by atoms with E-state index in [2.05, 4.69) is 33.2 Å². The van der Waals surface area contributed by atoms with Crippen LogP contribution in [0.25, 0.3) is 0 Å². The van der Waals surface area contributed by atoms with Crippen LogP contribution in [0.4, 0.5) is 0 Å². The molecule has 0 aliphatic carbocycles. The molecular formula is C29H57NO4P+. The highest BCUT2D eigenvalue weighted by Crippen LogP contribution is 2.58. The Labute approximate surface area is 217 Å². The minimum absolute atomic E-state index is 0.0251. The van der Waals surface area contributed by atoms with Crippen molar-refractivity contribution in [3.05, 3.63) is 12.2 Å². The molecule has 0 aromatic carbocycles. The van der Waals surface area contributed by atoms with Crippen molar-refractivity contribution in [2.75, 3.05) is 27.2 Å². The molecule has 2 heterocycles. The molecule has 3 unspecified atom stereocenters. The van der Waals surface area contributed by atoms with Gasteiger partial charge in [0.05, 0.1) is 39.8 Å². The van der Waals surface area contributed by atoms with Crippen molar-refractivity contribution < 1.29 is 22.6 Å². The zero-order valence-electron chi connectivity index (χ0n) is 23.4. The van der Waals surface area contributed by atoms with Gasteiger partial charge in [-0.05, 0) is 32.1 Å². The molecule has 35 heavy (non-hydrogen) atoms. The van der Waals surface area contributed by atoms with E-state index in [1.165, 1.54) is 103 Å². The molecule has 2 rings (SSSR count). The topological polar surface area (TPSA) is 44.8 Å². The van der Waals surface area contributed by atoms with Gasteiger partial charge in [-0.25, -0.2) is 9.09 Å². The Kier molecular flexibility index (Phi) is 16.1. The fourth-order valence-electron chi connectivity index (χ4n) is 5.17. The molecule has 2 fully saturated rings. The summed E-state index contributed by atoms with van der Waals surface area (Å²) in [5.74, 6) is 0. The Morgan fingerprint density at radius 3 is 1.86 bits per heavy atom. The summed E-state index contributed by atoms with van der Waals surface area (Å²) in [4.78, 5) is 0. The third-order valence-corrected chi connectivity index (χ3v) is 9.26. The van der Waals surface area contributed by atoms with Crippen LogP contribution in [0.3, 0.4) is 0 Å². The Hall–Kier alpha value is -0.190. The minimum Gasteiger partial charge on any atom is -0.303 e. The molecule has 0 spiro atoms. The van der Waals surface area contributed by atoms with Crippen LogP contribution in [0.1, 0.15) is 135 Å². The first-order valence-corrected chi connectivity index (χ1v) is 16.5. The highest BCUT2D eigenvalue weighted by Gasteiger charge is 2.50. The lowest BCUT2D eigenvalue weighted by Gasteiger charge is -2.47. The quantitative estimate of drug-likeness (QED) is 0.0662. The summed E-state index contributed by atoms with van der Waals surface area (Å²) >= 11 is 0. The minimum atomic E-state index is -3.39. The Morgan fingerprint density at radius 1 is 0.771 bits per heavy atom. The van der Waals surface area contributed by atoms with E-state index in [1.54, 1.807) is 0 Å². The second-order valence-corrected chi connectivity index (χ2v) is 13.0. The number of quaternary nitrogens is 1. The summed E-state index contributed by atoms with van der Waals surface area (Å²) in [5, 5.41) is 0. The number of rotatable bonds is 21. The molecule has 2 saturated heterocycles. The predicted octanol–water partition coefficient (Wildman–Crippen LogP) is 9.32. The number of likely N-dealkylation sites (tertiary alicyclic amines) is 1. The molecule has 0 radical (unpaired) electrons. The number of unbranched alkanes of at least 4 members (excludes halogenated alkanes) is 16. The molecule has 2 aliphatic rings. The average molecular weight is 515 g/mol. The predicted molar refractivity (Wildman–Crippen MR) is 147 cm³/mol. The average Bonchev–Trinajstić information content (AvgIpc) is 2.83. The van der Waals surface area contributed by atoms with Gasteiger partial charge in [0.1, 0.15) is 0 Å². The van der Waals surface area contributed by atoms with Crippen molar-refractivity contribution >= 4 is 7.82 Å². The van der Waals surface area contributed by atoms with Gasteiger partial charge >= 0.3 is 7.82 Å². The molecule has 0 aromatic rings. The van der Waals surface area contributed by atoms with E-state index in [0.717, 1.165) is 36.7 Å². The number of fused-ring (bicyclic) bond motifs is 2. The number of phosphoric acid groups is 1. The number of nitrogens with zero attached hydrogens (tertiary/aromatic N) is 1. The second-order valence-electron chi connectivity index (χ2n) is 11.4. The molecule has 0 N–H and O–H groups in total. The molecule has 3 atom stereocenters. The van der Waals surface area contributed by atoms with Gasteiger partial charge in [0.2, 0.25) is 6.23 Å². The van der Waals surface area contributed by atoms with E-state index in [-0.39, 0.29) is 12.3 Å². The molecule has 0 saturated carbocycles. The SMILES string of the molecule is CCCCCCCCC=CCCCCCCCCCCCCOP1(=O)OC2CC[N+](C)(C)C(C2)O1. The van der Waals surface area contributed by atoms with E-state index in [4.69, 9.17) is 13.6 Å². The lowest BCUT2D eigenvalue weighted by atomic mass is 10.1. The Balaban J connectivity index is 1.32. The van der Waals surface area contributed by atoms with Crippen molar-refractivity contribution in [2.45, 2.75) is 148 Å². The molecule has 2 bridgehead atoms. The number of hydrogen-bond donors (Lipinski definition) is 0. The van der Waals surface area contributed by atoms with Crippen LogP contribution in [0.5, 0.6) is 0 Å². The monoisotopic (exact) mass is 514 g/mol. The third-order valence-electron chi connectivity index (χ3n) is 7.71. The Morgan fingerprint density at radius 2 is 1.29 bits per heavy atom. The maximum Gasteiger partial charge on any atom is 0.479 e. The Bertz CT molecular complexity index is 609. The van der Waals surface area contributed by atoms with Crippen molar-refractivity contribution in [2.24, 2.45) is 0 Å². The van der Waals surface area contributed by atoms with Crippen LogP contribution in [-0.4, -0.2) is 44.1 Å². The van der Waals surface area contributed by atoms with Crippen molar-refractivity contribution in [3.63, 3.8) is 0 Å². The standard InChI is InChI=1S/C29H57NO4P/c1-4-5-6-7-8-9-10-11-12-13-14-15-16-17-18-19-20-21-22-23-26-32-35(31)33-28-24-25-30(2,3)29(27-28)34-35/h11-12,28-29H,4-10,13-27H2,1-3H3/q+1. The number of phosphoric ester groups is 1. The maximum atomic E-state index is 12.9. The summed E-state index contributed by atoms with van der Waals surface area (Å²) in [6.07, 6.45) is 30.2. The normalized spacial score (nSPS) is 25.9. The van der Waals surface area contributed by atoms with Gasteiger partial charge < -0.3 is 4.48 Å². The molecule has 2 aliphatic heterocycles. The van der Waals surface area contributed by atoms with E-state index in [0.29, 0.717) is 6.61 Å². The van der Waals surface area contributed by atoms with Gasteiger partial charge in [-0.3, -0.25) is 9.05 Å². The fourth-order valence-corrected chi connectivity index (χ4v) is 6.89. The van der Waals surface area contributed by atoms with Gasteiger partial charge in [-0.2, -0.15) is 0 Å². The van der Waals surface area contributed by atoms with Gasteiger partial charge in [-0.1, -0.05) is 103 Å². The van der Waals surface area contributed by atoms with E-state index >= 15 is 0 Å². The molecule has 0 amide bonds. The summed E-state index contributed by atoms with van der Waals surface area (Å²) in [6, 6.07) is 0.